The molecule has 0 saturated heterocycles. The average molecular weight is 227 g/mol. The van der Waals surface area contributed by atoms with Gasteiger partial charge in [-0.25, -0.2) is 0 Å². The van der Waals surface area contributed by atoms with E-state index in [0.717, 1.165) is 19.4 Å². The van der Waals surface area contributed by atoms with Crippen LogP contribution in [0.1, 0.15) is 66.2 Å². The maximum absolute atomic E-state index is 11.2. The highest BCUT2D eigenvalue weighted by atomic mass is 16.1. The number of unbranched alkanes of at least 4 members (excludes halogenated alkanes) is 1. The van der Waals surface area contributed by atoms with Gasteiger partial charge >= 0.3 is 0 Å². The molecule has 0 aliphatic rings. The van der Waals surface area contributed by atoms with Crippen molar-refractivity contribution in [2.45, 2.75) is 72.3 Å². The number of rotatable bonds is 10. The van der Waals surface area contributed by atoms with Crippen LogP contribution in [0.3, 0.4) is 0 Å². The van der Waals surface area contributed by atoms with Crippen molar-refractivity contribution in [1.29, 1.82) is 0 Å². The van der Waals surface area contributed by atoms with E-state index in [-0.39, 0.29) is 0 Å². The van der Waals surface area contributed by atoms with Gasteiger partial charge in [-0.05, 0) is 39.3 Å². The summed E-state index contributed by atoms with van der Waals surface area (Å²) in [4.78, 5) is 13.8. The van der Waals surface area contributed by atoms with Crippen molar-refractivity contribution < 1.29 is 4.79 Å². The molecule has 0 amide bonds. The molecule has 0 heterocycles. The molecule has 0 aromatic heterocycles. The van der Waals surface area contributed by atoms with Crippen molar-refractivity contribution in [3.63, 3.8) is 0 Å². The van der Waals surface area contributed by atoms with Gasteiger partial charge in [-0.3, -0.25) is 4.79 Å². The Morgan fingerprint density at radius 2 is 1.75 bits per heavy atom. The zero-order valence-electron chi connectivity index (χ0n) is 11.6. The summed E-state index contributed by atoms with van der Waals surface area (Å²) < 4.78 is 0. The molecule has 1 unspecified atom stereocenters. The van der Waals surface area contributed by atoms with E-state index in [0.29, 0.717) is 18.2 Å². The Hall–Kier alpha value is -0.370. The minimum atomic E-state index is 0.402. The van der Waals surface area contributed by atoms with Crippen LogP contribution in [-0.2, 0) is 4.79 Å². The fourth-order valence-corrected chi connectivity index (χ4v) is 1.83. The van der Waals surface area contributed by atoms with E-state index in [1.807, 2.05) is 6.92 Å². The first kappa shape index (κ1) is 15.6. The fraction of sp³-hybridized carbons (Fsp3) is 0.929. The van der Waals surface area contributed by atoms with E-state index < -0.39 is 0 Å². The summed E-state index contributed by atoms with van der Waals surface area (Å²) in [6, 6.07) is 0.656. The quantitative estimate of drug-likeness (QED) is 0.568. The van der Waals surface area contributed by atoms with Gasteiger partial charge in [0, 0.05) is 18.9 Å². The third-order valence-electron chi connectivity index (χ3n) is 3.31. The zero-order valence-corrected chi connectivity index (χ0v) is 11.6. The molecular formula is C14H29NO. The SMILES string of the molecule is CCCCN(CCCC(=O)CC)C(C)CC. The summed E-state index contributed by atoms with van der Waals surface area (Å²) in [5, 5.41) is 0. The van der Waals surface area contributed by atoms with E-state index in [9.17, 15) is 4.79 Å². The lowest BCUT2D eigenvalue weighted by atomic mass is 10.1. The monoisotopic (exact) mass is 227 g/mol. The summed E-state index contributed by atoms with van der Waals surface area (Å²) >= 11 is 0. The number of hydrogen-bond acceptors (Lipinski definition) is 2. The van der Waals surface area contributed by atoms with Crippen molar-refractivity contribution in [2.75, 3.05) is 13.1 Å². The second-order valence-corrected chi connectivity index (χ2v) is 4.64. The first-order chi connectivity index (χ1) is 7.65. The van der Waals surface area contributed by atoms with Crippen LogP contribution in [0.15, 0.2) is 0 Å². The van der Waals surface area contributed by atoms with Crippen molar-refractivity contribution in [3.8, 4) is 0 Å². The molecular weight excluding hydrogens is 198 g/mol. The molecule has 0 fully saturated rings. The number of carbonyl (C=O) groups is 1. The van der Waals surface area contributed by atoms with Crippen LogP contribution in [0.2, 0.25) is 0 Å². The summed E-state index contributed by atoms with van der Waals surface area (Å²) in [5.41, 5.74) is 0. The van der Waals surface area contributed by atoms with Crippen LogP contribution in [0.5, 0.6) is 0 Å². The molecule has 0 radical (unpaired) electrons. The maximum Gasteiger partial charge on any atom is 0.132 e. The number of Topliss-reactive ketones (excluding diaryl/α,β-unsaturated/α-hetero) is 1. The topological polar surface area (TPSA) is 20.3 Å². The molecule has 2 nitrogen and oxygen atoms in total. The smallest absolute Gasteiger partial charge is 0.132 e. The van der Waals surface area contributed by atoms with Crippen molar-refractivity contribution >= 4 is 5.78 Å². The maximum atomic E-state index is 11.2. The van der Waals surface area contributed by atoms with E-state index in [4.69, 9.17) is 0 Å². The van der Waals surface area contributed by atoms with Gasteiger partial charge in [-0.2, -0.15) is 0 Å². The highest BCUT2D eigenvalue weighted by Crippen LogP contribution is 2.08. The molecule has 0 rings (SSSR count). The van der Waals surface area contributed by atoms with Gasteiger partial charge in [0.2, 0.25) is 0 Å². The van der Waals surface area contributed by atoms with E-state index in [2.05, 4.69) is 25.7 Å². The minimum Gasteiger partial charge on any atom is -0.301 e. The highest BCUT2D eigenvalue weighted by molar-refractivity contribution is 5.77. The molecule has 0 saturated carbocycles. The number of carbonyl (C=O) groups excluding carboxylic acids is 1. The molecule has 96 valence electrons. The molecule has 0 spiro atoms. The lowest BCUT2D eigenvalue weighted by molar-refractivity contribution is -0.118. The number of nitrogens with zero attached hydrogens (tertiary/aromatic N) is 1. The first-order valence-electron chi connectivity index (χ1n) is 6.91. The Labute approximate surface area is 101 Å². The first-order valence-corrected chi connectivity index (χ1v) is 6.91. The van der Waals surface area contributed by atoms with E-state index in [1.165, 1.54) is 25.8 Å². The van der Waals surface area contributed by atoms with Gasteiger partial charge in [-0.1, -0.05) is 27.2 Å². The van der Waals surface area contributed by atoms with Crippen LogP contribution >= 0.6 is 0 Å². The Bertz CT molecular complexity index is 180. The third kappa shape index (κ3) is 7.00. The minimum absolute atomic E-state index is 0.402. The Balaban J connectivity index is 3.86. The lowest BCUT2D eigenvalue weighted by Gasteiger charge is -2.28. The van der Waals surface area contributed by atoms with Crippen molar-refractivity contribution in [3.05, 3.63) is 0 Å². The molecule has 0 bridgehead atoms. The van der Waals surface area contributed by atoms with Gasteiger partial charge < -0.3 is 4.90 Å². The summed E-state index contributed by atoms with van der Waals surface area (Å²) in [7, 11) is 0. The average Bonchev–Trinajstić information content (AvgIpc) is 2.32. The normalized spacial score (nSPS) is 13.1. The Kier molecular flexibility index (Phi) is 9.60. The van der Waals surface area contributed by atoms with Crippen LogP contribution < -0.4 is 0 Å². The molecule has 2 heteroatoms. The van der Waals surface area contributed by atoms with Crippen LogP contribution in [0.25, 0.3) is 0 Å². The molecule has 0 aromatic rings. The highest BCUT2D eigenvalue weighted by Gasteiger charge is 2.11. The molecule has 16 heavy (non-hydrogen) atoms. The van der Waals surface area contributed by atoms with Crippen LogP contribution in [0.4, 0.5) is 0 Å². The summed E-state index contributed by atoms with van der Waals surface area (Å²) in [6.45, 7) is 11.0. The number of hydrogen-bond donors (Lipinski definition) is 0. The van der Waals surface area contributed by atoms with Crippen molar-refractivity contribution in [1.82, 2.24) is 4.90 Å². The van der Waals surface area contributed by atoms with Gasteiger partial charge in [0.1, 0.15) is 5.78 Å². The standard InChI is InChI=1S/C14H29NO/c1-5-8-11-15(13(4)6-2)12-9-10-14(16)7-3/h13H,5-12H2,1-4H3. The zero-order chi connectivity index (χ0) is 12.4. The third-order valence-corrected chi connectivity index (χ3v) is 3.31. The Morgan fingerprint density at radius 3 is 2.25 bits per heavy atom. The molecule has 0 N–H and O–H groups in total. The second kappa shape index (κ2) is 9.83. The number of ketones is 1. The molecule has 1 atom stereocenters. The second-order valence-electron chi connectivity index (χ2n) is 4.64. The van der Waals surface area contributed by atoms with Gasteiger partial charge in [-0.15, -0.1) is 0 Å². The van der Waals surface area contributed by atoms with E-state index in [1.54, 1.807) is 0 Å². The summed E-state index contributed by atoms with van der Waals surface area (Å²) in [5.74, 6) is 0.402. The van der Waals surface area contributed by atoms with Gasteiger partial charge in [0.15, 0.2) is 0 Å². The summed E-state index contributed by atoms with van der Waals surface area (Å²) in [6.07, 6.45) is 6.20. The van der Waals surface area contributed by atoms with Gasteiger partial charge in [0.05, 0.1) is 0 Å². The van der Waals surface area contributed by atoms with Crippen molar-refractivity contribution in [2.24, 2.45) is 0 Å². The van der Waals surface area contributed by atoms with E-state index >= 15 is 0 Å². The van der Waals surface area contributed by atoms with Crippen LogP contribution in [-0.4, -0.2) is 29.8 Å². The largest absolute Gasteiger partial charge is 0.301 e. The molecule has 0 aliphatic carbocycles. The predicted molar refractivity (Wildman–Crippen MR) is 70.8 cm³/mol. The molecule has 0 aliphatic heterocycles. The fourth-order valence-electron chi connectivity index (χ4n) is 1.83. The van der Waals surface area contributed by atoms with Gasteiger partial charge in [0.25, 0.3) is 0 Å². The predicted octanol–water partition coefficient (Wildman–Crippen LogP) is 3.65. The Morgan fingerprint density at radius 1 is 1.12 bits per heavy atom. The lowest BCUT2D eigenvalue weighted by Crippen LogP contribution is -2.34. The molecule has 0 aromatic carbocycles. The van der Waals surface area contributed by atoms with Crippen LogP contribution in [0, 0.1) is 0 Å².